The number of nitrogens with zero attached hydrogens (tertiary/aromatic N) is 2. The maximum absolute atomic E-state index is 5.33. The standard InChI is InChI=1S/C13H23N5/c1-18(11-5-2-3-6-11)10-9-15-12-7-4-8-13(16-12)17-14/h4,7-8,11H,2-3,5-6,9-10,14H2,1H3,(H2,15,16,17). The van der Waals surface area contributed by atoms with E-state index in [0.29, 0.717) is 5.82 Å². The minimum atomic E-state index is 0.684. The van der Waals surface area contributed by atoms with E-state index in [4.69, 9.17) is 5.84 Å². The second-order valence-corrected chi connectivity index (χ2v) is 4.90. The Labute approximate surface area is 109 Å². The van der Waals surface area contributed by atoms with Crippen molar-refractivity contribution in [2.75, 3.05) is 30.9 Å². The molecular weight excluding hydrogens is 226 g/mol. The second kappa shape index (κ2) is 6.56. The van der Waals surface area contributed by atoms with Crippen LogP contribution in [0.4, 0.5) is 11.6 Å². The smallest absolute Gasteiger partial charge is 0.142 e. The Morgan fingerprint density at radius 3 is 2.78 bits per heavy atom. The Hall–Kier alpha value is -1.33. The molecule has 18 heavy (non-hydrogen) atoms. The van der Waals surface area contributed by atoms with Crippen molar-refractivity contribution in [3.63, 3.8) is 0 Å². The number of nitrogen functional groups attached to an aromatic ring is 1. The molecule has 0 spiro atoms. The zero-order valence-electron chi connectivity index (χ0n) is 11.0. The van der Waals surface area contributed by atoms with E-state index in [0.717, 1.165) is 24.9 Å². The highest BCUT2D eigenvalue weighted by Crippen LogP contribution is 2.21. The SMILES string of the molecule is CN(CCNc1cccc(NN)n1)C1CCCC1. The summed E-state index contributed by atoms with van der Waals surface area (Å²) in [4.78, 5) is 6.77. The third-order valence-corrected chi connectivity index (χ3v) is 3.62. The van der Waals surface area contributed by atoms with Gasteiger partial charge in [0.1, 0.15) is 11.6 Å². The highest BCUT2D eigenvalue weighted by molar-refractivity contribution is 5.44. The molecule has 5 nitrogen and oxygen atoms in total. The molecule has 0 radical (unpaired) electrons. The molecule has 0 bridgehead atoms. The molecule has 0 atom stereocenters. The predicted octanol–water partition coefficient (Wildman–Crippen LogP) is 1.65. The maximum atomic E-state index is 5.33. The van der Waals surface area contributed by atoms with E-state index in [1.165, 1.54) is 25.7 Å². The predicted molar refractivity (Wildman–Crippen MR) is 75.4 cm³/mol. The van der Waals surface area contributed by atoms with Crippen molar-refractivity contribution in [2.24, 2.45) is 5.84 Å². The van der Waals surface area contributed by atoms with E-state index in [2.05, 4.69) is 27.7 Å². The minimum Gasteiger partial charge on any atom is -0.369 e. The van der Waals surface area contributed by atoms with Crippen LogP contribution in [0.3, 0.4) is 0 Å². The van der Waals surface area contributed by atoms with E-state index in [1.807, 2.05) is 18.2 Å². The van der Waals surface area contributed by atoms with Gasteiger partial charge >= 0.3 is 0 Å². The van der Waals surface area contributed by atoms with Crippen molar-refractivity contribution in [2.45, 2.75) is 31.7 Å². The summed E-state index contributed by atoms with van der Waals surface area (Å²) in [5, 5.41) is 3.33. The van der Waals surface area contributed by atoms with Gasteiger partial charge in [0, 0.05) is 19.1 Å². The fraction of sp³-hybridized carbons (Fsp3) is 0.615. The van der Waals surface area contributed by atoms with Crippen LogP contribution in [0.1, 0.15) is 25.7 Å². The van der Waals surface area contributed by atoms with Gasteiger partial charge in [0.05, 0.1) is 0 Å². The largest absolute Gasteiger partial charge is 0.369 e. The summed E-state index contributed by atoms with van der Waals surface area (Å²) in [5.41, 5.74) is 2.55. The third kappa shape index (κ3) is 3.58. The summed E-state index contributed by atoms with van der Waals surface area (Å²) in [6.07, 6.45) is 5.46. The quantitative estimate of drug-likeness (QED) is 0.528. The number of hydrazine groups is 1. The molecule has 1 aromatic heterocycles. The molecule has 1 aliphatic rings. The van der Waals surface area contributed by atoms with Gasteiger partial charge in [-0.05, 0) is 32.0 Å². The number of anilines is 2. The zero-order valence-corrected chi connectivity index (χ0v) is 11.0. The van der Waals surface area contributed by atoms with Gasteiger partial charge in [0.2, 0.25) is 0 Å². The summed E-state index contributed by atoms with van der Waals surface area (Å²) in [7, 11) is 2.21. The van der Waals surface area contributed by atoms with Gasteiger partial charge in [0.25, 0.3) is 0 Å². The van der Waals surface area contributed by atoms with Crippen molar-refractivity contribution < 1.29 is 0 Å². The van der Waals surface area contributed by atoms with Crippen LogP contribution < -0.4 is 16.6 Å². The first-order valence-corrected chi connectivity index (χ1v) is 6.67. The summed E-state index contributed by atoms with van der Waals surface area (Å²) in [6, 6.07) is 6.51. The molecule has 1 aromatic rings. The molecule has 0 saturated heterocycles. The van der Waals surface area contributed by atoms with Gasteiger partial charge in [-0.25, -0.2) is 10.8 Å². The van der Waals surface area contributed by atoms with Crippen molar-refractivity contribution in [3.8, 4) is 0 Å². The van der Waals surface area contributed by atoms with Crippen LogP contribution in [0.15, 0.2) is 18.2 Å². The van der Waals surface area contributed by atoms with Crippen LogP contribution in [0.5, 0.6) is 0 Å². The summed E-state index contributed by atoms with van der Waals surface area (Å²) >= 11 is 0. The number of hydrogen-bond acceptors (Lipinski definition) is 5. The molecule has 1 aliphatic carbocycles. The van der Waals surface area contributed by atoms with Crippen molar-refractivity contribution in [1.82, 2.24) is 9.88 Å². The number of hydrogen-bond donors (Lipinski definition) is 3. The Morgan fingerprint density at radius 2 is 2.06 bits per heavy atom. The van der Waals surface area contributed by atoms with Crippen LogP contribution in [0, 0.1) is 0 Å². The zero-order chi connectivity index (χ0) is 12.8. The lowest BCUT2D eigenvalue weighted by atomic mass is 10.2. The van der Waals surface area contributed by atoms with Gasteiger partial charge in [0.15, 0.2) is 0 Å². The highest BCUT2D eigenvalue weighted by Gasteiger charge is 2.18. The van der Waals surface area contributed by atoms with Gasteiger partial charge in [-0.2, -0.15) is 0 Å². The fourth-order valence-corrected chi connectivity index (χ4v) is 2.50. The number of nitrogens with two attached hydrogens (primary N) is 1. The minimum absolute atomic E-state index is 0.684. The van der Waals surface area contributed by atoms with E-state index in [9.17, 15) is 0 Å². The van der Waals surface area contributed by atoms with Crippen molar-refractivity contribution in [1.29, 1.82) is 0 Å². The van der Waals surface area contributed by atoms with E-state index in [1.54, 1.807) is 0 Å². The lowest BCUT2D eigenvalue weighted by molar-refractivity contribution is 0.254. The maximum Gasteiger partial charge on any atom is 0.142 e. The molecule has 0 amide bonds. The molecule has 1 heterocycles. The van der Waals surface area contributed by atoms with E-state index >= 15 is 0 Å². The fourth-order valence-electron chi connectivity index (χ4n) is 2.50. The Bertz CT molecular complexity index is 362. The van der Waals surface area contributed by atoms with Crippen LogP contribution >= 0.6 is 0 Å². The number of likely N-dealkylation sites (N-methyl/N-ethyl adjacent to an activating group) is 1. The van der Waals surface area contributed by atoms with Crippen LogP contribution in [-0.4, -0.2) is 36.1 Å². The average molecular weight is 249 g/mol. The lowest BCUT2D eigenvalue weighted by Gasteiger charge is -2.24. The third-order valence-electron chi connectivity index (χ3n) is 3.62. The molecule has 0 unspecified atom stereocenters. The number of nitrogens with one attached hydrogen (secondary N) is 2. The molecule has 5 heteroatoms. The summed E-state index contributed by atoms with van der Waals surface area (Å²) < 4.78 is 0. The number of aromatic nitrogens is 1. The molecule has 1 saturated carbocycles. The average Bonchev–Trinajstić information content (AvgIpc) is 2.93. The Morgan fingerprint density at radius 1 is 1.33 bits per heavy atom. The molecule has 2 rings (SSSR count). The van der Waals surface area contributed by atoms with Crippen LogP contribution in [-0.2, 0) is 0 Å². The first-order valence-electron chi connectivity index (χ1n) is 6.67. The van der Waals surface area contributed by atoms with Gasteiger partial charge in [-0.3, -0.25) is 0 Å². The summed E-state index contributed by atoms with van der Waals surface area (Å²) in [6.45, 7) is 1.96. The monoisotopic (exact) mass is 249 g/mol. The van der Waals surface area contributed by atoms with Gasteiger partial charge in [-0.1, -0.05) is 18.9 Å². The van der Waals surface area contributed by atoms with Crippen molar-refractivity contribution in [3.05, 3.63) is 18.2 Å². The normalized spacial score (nSPS) is 16.2. The van der Waals surface area contributed by atoms with Crippen LogP contribution in [0.25, 0.3) is 0 Å². The first kappa shape index (κ1) is 13.1. The molecule has 100 valence electrons. The number of pyridine rings is 1. The van der Waals surface area contributed by atoms with Gasteiger partial charge in [-0.15, -0.1) is 0 Å². The lowest BCUT2D eigenvalue weighted by Crippen LogP contribution is -2.33. The van der Waals surface area contributed by atoms with Crippen molar-refractivity contribution >= 4 is 11.6 Å². The highest BCUT2D eigenvalue weighted by atomic mass is 15.3. The molecule has 0 aliphatic heterocycles. The molecule has 0 aromatic carbocycles. The summed E-state index contributed by atoms with van der Waals surface area (Å²) in [5.74, 6) is 6.88. The van der Waals surface area contributed by atoms with E-state index in [-0.39, 0.29) is 0 Å². The Kier molecular flexibility index (Phi) is 4.78. The molecule has 4 N–H and O–H groups in total. The molecular formula is C13H23N5. The first-order chi connectivity index (χ1) is 8.79. The molecule has 1 fully saturated rings. The number of rotatable bonds is 6. The van der Waals surface area contributed by atoms with Gasteiger partial charge < -0.3 is 15.6 Å². The topological polar surface area (TPSA) is 66.2 Å². The second-order valence-electron chi connectivity index (χ2n) is 4.90. The van der Waals surface area contributed by atoms with Crippen LogP contribution in [0.2, 0.25) is 0 Å². The Balaban J connectivity index is 1.73. The van der Waals surface area contributed by atoms with E-state index < -0.39 is 0 Å².